The van der Waals surface area contributed by atoms with E-state index in [0.29, 0.717) is 0 Å². The Kier molecular flexibility index (Phi) is 7.75. The summed E-state index contributed by atoms with van der Waals surface area (Å²) < 4.78 is 12.8. The molecular weight excluding hydrogens is 227 g/mol. The summed E-state index contributed by atoms with van der Waals surface area (Å²) in [6.45, 7) is 3.34. The minimum absolute atomic E-state index is 0.252. The van der Waals surface area contributed by atoms with Crippen LogP contribution in [0.3, 0.4) is 0 Å². The molecule has 0 aliphatic carbocycles. The van der Waals surface area contributed by atoms with Gasteiger partial charge in [0, 0.05) is 13.0 Å². The number of halogens is 1. The highest BCUT2D eigenvalue weighted by Gasteiger charge is 2.07. The van der Waals surface area contributed by atoms with Crippen LogP contribution in [0.4, 0.5) is 9.18 Å². The van der Waals surface area contributed by atoms with E-state index in [1.807, 2.05) is 18.3 Å². The number of carbonyl (C=O) groups excluding carboxylic acids is 1. The van der Waals surface area contributed by atoms with E-state index < -0.39 is 18.2 Å². The molecule has 0 rings (SSSR count). The third kappa shape index (κ3) is 9.35. The molecule has 0 spiro atoms. The third-order valence-corrected chi connectivity index (χ3v) is 1.95. The second kappa shape index (κ2) is 8.55. The Morgan fingerprint density at radius 1 is 1.35 bits per heavy atom. The predicted molar refractivity (Wildman–Crippen MR) is 62.6 cm³/mol. The largest absolute Gasteiger partial charge is 0.465 e. The molecule has 0 aliphatic rings. The van der Waals surface area contributed by atoms with Crippen molar-refractivity contribution < 1.29 is 19.1 Å². The third-order valence-electron chi connectivity index (χ3n) is 1.95. The van der Waals surface area contributed by atoms with Gasteiger partial charge in [-0.25, -0.2) is 9.18 Å². The molecule has 0 bridgehead atoms. The van der Waals surface area contributed by atoms with Crippen molar-refractivity contribution in [3.63, 3.8) is 0 Å². The summed E-state index contributed by atoms with van der Waals surface area (Å²) in [5.74, 6) is -0.430. The predicted octanol–water partition coefficient (Wildman–Crippen LogP) is 1.45. The zero-order valence-corrected chi connectivity index (χ0v) is 10.1. The maximum atomic E-state index is 12.8. The molecule has 0 saturated heterocycles. The fourth-order valence-electron chi connectivity index (χ4n) is 1.31. The molecule has 0 heterocycles. The molecule has 0 saturated carbocycles. The van der Waals surface area contributed by atoms with E-state index >= 15 is 0 Å². The van der Waals surface area contributed by atoms with Crippen molar-refractivity contribution in [2.45, 2.75) is 32.9 Å². The minimum atomic E-state index is -1.25. The van der Waals surface area contributed by atoms with Gasteiger partial charge in [-0.1, -0.05) is 18.6 Å². The van der Waals surface area contributed by atoms with E-state index in [4.69, 9.17) is 5.11 Å². The smallest absolute Gasteiger partial charge is 0.405 e. The number of rotatable bonds is 7. The Morgan fingerprint density at radius 2 is 2.00 bits per heavy atom. The van der Waals surface area contributed by atoms with Crippen molar-refractivity contribution in [2.24, 2.45) is 0 Å². The Balaban J connectivity index is 4.00. The Labute approximate surface area is 100 Å². The number of nitrogens with one attached hydrogen (secondary N) is 2. The lowest BCUT2D eigenvalue weighted by atomic mass is 10.1. The molecule has 0 aromatic rings. The average molecular weight is 246 g/mol. The molecule has 6 heteroatoms. The van der Waals surface area contributed by atoms with Crippen LogP contribution in [0, 0.1) is 0 Å². The molecule has 0 fully saturated rings. The van der Waals surface area contributed by atoms with Crippen molar-refractivity contribution in [1.29, 1.82) is 0 Å². The summed E-state index contributed by atoms with van der Waals surface area (Å²) in [5.41, 5.74) is 0.811. The second-order valence-corrected chi connectivity index (χ2v) is 3.69. The van der Waals surface area contributed by atoms with Crippen LogP contribution in [-0.2, 0) is 4.79 Å². The van der Waals surface area contributed by atoms with Crippen molar-refractivity contribution in [3.05, 3.63) is 11.6 Å². The zero-order valence-electron chi connectivity index (χ0n) is 10.1. The molecule has 1 unspecified atom stereocenters. The SMILES string of the molecule is CC/C=C(/CNC(=O)CNC(=O)O)CC(C)F. The number of allylic oxidation sites excluding steroid dienone is 1. The molecule has 0 aromatic heterocycles. The average Bonchev–Trinajstić information content (AvgIpc) is 2.22. The van der Waals surface area contributed by atoms with Crippen molar-refractivity contribution >= 4 is 12.0 Å². The molecule has 1 atom stereocenters. The van der Waals surface area contributed by atoms with Gasteiger partial charge in [-0.15, -0.1) is 0 Å². The fourth-order valence-corrected chi connectivity index (χ4v) is 1.31. The summed E-state index contributed by atoms with van der Waals surface area (Å²) in [6.07, 6.45) is 0.705. The lowest BCUT2D eigenvalue weighted by Crippen LogP contribution is -2.37. The van der Waals surface area contributed by atoms with Gasteiger partial charge in [0.1, 0.15) is 6.17 Å². The Hall–Kier alpha value is -1.59. The van der Waals surface area contributed by atoms with Crippen LogP contribution in [-0.4, -0.2) is 36.4 Å². The van der Waals surface area contributed by atoms with Crippen molar-refractivity contribution in [1.82, 2.24) is 10.6 Å². The molecule has 17 heavy (non-hydrogen) atoms. The van der Waals surface area contributed by atoms with Gasteiger partial charge in [0.25, 0.3) is 0 Å². The fraction of sp³-hybridized carbons (Fsp3) is 0.636. The highest BCUT2D eigenvalue weighted by atomic mass is 19.1. The van der Waals surface area contributed by atoms with E-state index in [9.17, 15) is 14.0 Å². The van der Waals surface area contributed by atoms with Gasteiger partial charge in [-0.2, -0.15) is 0 Å². The van der Waals surface area contributed by atoms with E-state index in [1.54, 1.807) is 0 Å². The molecule has 3 N–H and O–H groups in total. The molecule has 5 nitrogen and oxygen atoms in total. The molecule has 98 valence electrons. The molecule has 0 radical (unpaired) electrons. The van der Waals surface area contributed by atoms with Gasteiger partial charge in [0.05, 0.1) is 6.54 Å². The molecule has 0 aromatic carbocycles. The highest BCUT2D eigenvalue weighted by molar-refractivity contribution is 5.81. The molecule has 0 aliphatic heterocycles. The highest BCUT2D eigenvalue weighted by Crippen LogP contribution is 2.08. The number of hydrogen-bond donors (Lipinski definition) is 3. The number of alkyl halides is 1. The van der Waals surface area contributed by atoms with E-state index in [1.165, 1.54) is 6.92 Å². The lowest BCUT2D eigenvalue weighted by molar-refractivity contribution is -0.120. The molecular formula is C11H19FN2O3. The minimum Gasteiger partial charge on any atom is -0.465 e. The molecule has 2 amide bonds. The van der Waals surface area contributed by atoms with Gasteiger partial charge in [-0.05, 0) is 13.3 Å². The monoisotopic (exact) mass is 246 g/mol. The van der Waals surface area contributed by atoms with Crippen LogP contribution >= 0.6 is 0 Å². The van der Waals surface area contributed by atoms with Gasteiger partial charge < -0.3 is 15.7 Å². The van der Waals surface area contributed by atoms with E-state index in [-0.39, 0.29) is 19.5 Å². The summed E-state index contributed by atoms with van der Waals surface area (Å²) >= 11 is 0. The van der Waals surface area contributed by atoms with Gasteiger partial charge >= 0.3 is 6.09 Å². The number of amides is 2. The van der Waals surface area contributed by atoms with Crippen molar-refractivity contribution in [3.8, 4) is 0 Å². The van der Waals surface area contributed by atoms with Crippen LogP contribution in [0.1, 0.15) is 26.7 Å². The van der Waals surface area contributed by atoms with Gasteiger partial charge in [0.2, 0.25) is 5.91 Å². The first-order valence-corrected chi connectivity index (χ1v) is 5.51. The normalized spacial score (nSPS) is 13.0. The quantitative estimate of drug-likeness (QED) is 0.595. The maximum Gasteiger partial charge on any atom is 0.405 e. The Bertz CT molecular complexity index is 290. The first kappa shape index (κ1) is 15.4. The zero-order chi connectivity index (χ0) is 13.3. The van der Waals surface area contributed by atoms with Gasteiger partial charge in [-0.3, -0.25) is 4.79 Å². The van der Waals surface area contributed by atoms with Crippen LogP contribution in [0.2, 0.25) is 0 Å². The van der Waals surface area contributed by atoms with Gasteiger partial charge in [0.15, 0.2) is 0 Å². The van der Waals surface area contributed by atoms with Crippen LogP contribution in [0.25, 0.3) is 0 Å². The first-order chi connectivity index (χ1) is 7.95. The van der Waals surface area contributed by atoms with E-state index in [0.717, 1.165) is 12.0 Å². The lowest BCUT2D eigenvalue weighted by Gasteiger charge is -2.10. The summed E-state index contributed by atoms with van der Waals surface area (Å²) in [7, 11) is 0. The van der Waals surface area contributed by atoms with Crippen LogP contribution in [0.15, 0.2) is 11.6 Å². The standard InChI is InChI=1S/C11H19FN2O3/c1-3-4-9(5-8(2)12)6-13-10(15)7-14-11(16)17/h4,8,14H,3,5-7H2,1-2H3,(H,13,15)(H,16,17)/b9-4+. The summed E-state index contributed by atoms with van der Waals surface area (Å²) in [4.78, 5) is 21.3. The first-order valence-electron chi connectivity index (χ1n) is 5.51. The van der Waals surface area contributed by atoms with Crippen LogP contribution < -0.4 is 10.6 Å². The number of carboxylic acid groups (broad SMARTS) is 1. The topological polar surface area (TPSA) is 78.4 Å². The summed E-state index contributed by atoms with van der Waals surface area (Å²) in [5, 5.41) is 12.8. The van der Waals surface area contributed by atoms with E-state index in [2.05, 4.69) is 5.32 Å². The second-order valence-electron chi connectivity index (χ2n) is 3.69. The number of hydrogen-bond acceptors (Lipinski definition) is 2. The number of carbonyl (C=O) groups is 2. The maximum absolute atomic E-state index is 12.8. The Morgan fingerprint density at radius 3 is 2.47 bits per heavy atom. The van der Waals surface area contributed by atoms with Crippen LogP contribution in [0.5, 0.6) is 0 Å². The van der Waals surface area contributed by atoms with Crippen molar-refractivity contribution in [2.75, 3.05) is 13.1 Å². The summed E-state index contributed by atoms with van der Waals surface area (Å²) in [6, 6.07) is 0.